The number of Topliss-reactive ketones (excluding diaryl/α,β-unsaturated/α-hetero) is 1. The molecule has 0 heterocycles. The fourth-order valence-corrected chi connectivity index (χ4v) is 0.599. The van der Waals surface area contributed by atoms with Crippen LogP contribution in [-0.4, -0.2) is 12.0 Å². The van der Waals surface area contributed by atoms with Crippen molar-refractivity contribution in [3.8, 4) is 0 Å². The maximum atomic E-state index is 11.6. The molecule has 0 aliphatic heterocycles. The van der Waals surface area contributed by atoms with E-state index in [0.717, 1.165) is 0 Å². The Balaban J connectivity index is 3.88. The van der Waals surface area contributed by atoms with Crippen LogP contribution in [0.5, 0.6) is 0 Å². The third-order valence-electron chi connectivity index (χ3n) is 1.54. The van der Waals surface area contributed by atoms with Gasteiger partial charge in [-0.3, -0.25) is 4.79 Å². The maximum Gasteiger partial charge on any atom is 0.395 e. The van der Waals surface area contributed by atoms with Crippen LogP contribution in [0.3, 0.4) is 0 Å². The van der Waals surface area contributed by atoms with E-state index in [1.54, 1.807) is 6.92 Å². The number of alkyl halides is 3. The van der Waals surface area contributed by atoms with Crippen LogP contribution in [0, 0.1) is 5.92 Å². The minimum Gasteiger partial charge on any atom is -0.299 e. The highest BCUT2D eigenvalue weighted by Crippen LogP contribution is 2.22. The van der Waals surface area contributed by atoms with E-state index >= 15 is 0 Å². The second-order valence-electron chi connectivity index (χ2n) is 2.57. The van der Waals surface area contributed by atoms with E-state index in [1.807, 2.05) is 0 Å². The molecule has 0 fully saturated rings. The Hall–Kier alpha value is -0.540. The van der Waals surface area contributed by atoms with Crippen molar-refractivity contribution in [2.45, 2.75) is 32.9 Å². The van der Waals surface area contributed by atoms with E-state index < -0.39 is 24.3 Å². The lowest BCUT2D eigenvalue weighted by Crippen LogP contribution is -2.19. The van der Waals surface area contributed by atoms with Gasteiger partial charge in [0.2, 0.25) is 0 Å². The van der Waals surface area contributed by atoms with Crippen LogP contribution in [0.1, 0.15) is 26.7 Å². The number of carbonyl (C=O) groups is 1. The normalized spacial score (nSPS) is 14.6. The summed E-state index contributed by atoms with van der Waals surface area (Å²) in [4.78, 5) is 10.7. The first kappa shape index (κ1) is 10.5. The zero-order valence-electron chi connectivity index (χ0n) is 6.53. The summed E-state index contributed by atoms with van der Waals surface area (Å²) in [6.45, 7) is 3.20. The molecule has 0 aliphatic rings. The Morgan fingerprint density at radius 3 is 2.18 bits per heavy atom. The van der Waals surface area contributed by atoms with Crippen molar-refractivity contribution in [1.82, 2.24) is 0 Å². The highest BCUT2D eigenvalue weighted by molar-refractivity contribution is 5.81. The van der Waals surface area contributed by atoms with Crippen LogP contribution < -0.4 is 0 Å². The quantitative estimate of drug-likeness (QED) is 0.632. The van der Waals surface area contributed by atoms with E-state index in [-0.39, 0.29) is 0 Å². The molecule has 66 valence electrons. The van der Waals surface area contributed by atoms with Gasteiger partial charge in [-0.15, -0.1) is 0 Å². The highest BCUT2D eigenvalue weighted by Gasteiger charge is 2.32. The van der Waals surface area contributed by atoms with Crippen molar-refractivity contribution in [3.05, 3.63) is 0 Å². The lowest BCUT2D eigenvalue weighted by atomic mass is 10.0. The van der Waals surface area contributed by atoms with E-state index in [2.05, 4.69) is 0 Å². The SMILES string of the molecule is CCC(C)C(=O)CC(F)(F)F. The van der Waals surface area contributed by atoms with Crippen LogP contribution >= 0.6 is 0 Å². The molecular formula is C7H11F3O. The average Bonchev–Trinajstić information content (AvgIpc) is 1.82. The molecule has 1 unspecified atom stereocenters. The predicted octanol–water partition coefficient (Wildman–Crippen LogP) is 2.55. The summed E-state index contributed by atoms with van der Waals surface area (Å²) in [7, 11) is 0. The minimum atomic E-state index is -4.35. The fourth-order valence-electron chi connectivity index (χ4n) is 0.599. The van der Waals surface area contributed by atoms with Gasteiger partial charge >= 0.3 is 6.18 Å². The summed E-state index contributed by atoms with van der Waals surface area (Å²) in [5.41, 5.74) is 0. The van der Waals surface area contributed by atoms with Crippen LogP contribution in [0.4, 0.5) is 13.2 Å². The Labute approximate surface area is 63.6 Å². The Kier molecular flexibility index (Phi) is 3.55. The molecule has 0 spiro atoms. The molecule has 0 rings (SSSR count). The molecule has 0 aliphatic carbocycles. The van der Waals surface area contributed by atoms with Gasteiger partial charge in [0.05, 0.1) is 0 Å². The zero-order valence-corrected chi connectivity index (χ0v) is 6.53. The largest absolute Gasteiger partial charge is 0.395 e. The number of rotatable bonds is 3. The summed E-state index contributed by atoms with van der Waals surface area (Å²) < 4.78 is 34.7. The van der Waals surface area contributed by atoms with Crippen molar-refractivity contribution >= 4 is 5.78 Å². The van der Waals surface area contributed by atoms with Gasteiger partial charge < -0.3 is 0 Å². The molecule has 0 aromatic rings. The number of carbonyl (C=O) groups excluding carboxylic acids is 1. The van der Waals surface area contributed by atoms with Gasteiger partial charge in [-0.1, -0.05) is 13.8 Å². The van der Waals surface area contributed by atoms with Crippen LogP contribution in [-0.2, 0) is 4.79 Å². The Morgan fingerprint density at radius 2 is 1.91 bits per heavy atom. The van der Waals surface area contributed by atoms with Gasteiger partial charge in [-0.25, -0.2) is 0 Å². The van der Waals surface area contributed by atoms with Gasteiger partial charge in [-0.2, -0.15) is 13.2 Å². The Bertz CT molecular complexity index is 139. The molecule has 0 saturated heterocycles. The topological polar surface area (TPSA) is 17.1 Å². The molecule has 4 heteroatoms. The molecule has 11 heavy (non-hydrogen) atoms. The molecule has 0 radical (unpaired) electrons. The van der Waals surface area contributed by atoms with Gasteiger partial charge in [-0.05, 0) is 6.42 Å². The van der Waals surface area contributed by atoms with Crippen molar-refractivity contribution in [2.24, 2.45) is 5.92 Å². The third kappa shape index (κ3) is 4.81. The summed E-state index contributed by atoms with van der Waals surface area (Å²) >= 11 is 0. The number of hydrogen-bond donors (Lipinski definition) is 0. The number of halogens is 3. The minimum absolute atomic E-state index is 0.467. The first-order valence-electron chi connectivity index (χ1n) is 3.46. The average molecular weight is 168 g/mol. The fraction of sp³-hybridized carbons (Fsp3) is 0.857. The standard InChI is InChI=1S/C7H11F3O/c1-3-5(2)6(11)4-7(8,9)10/h5H,3-4H2,1-2H3. The first-order valence-corrected chi connectivity index (χ1v) is 3.46. The van der Waals surface area contributed by atoms with Crippen LogP contribution in [0.2, 0.25) is 0 Å². The van der Waals surface area contributed by atoms with Crippen LogP contribution in [0.15, 0.2) is 0 Å². The summed E-state index contributed by atoms with van der Waals surface area (Å²) in [5, 5.41) is 0. The zero-order chi connectivity index (χ0) is 9.07. The smallest absolute Gasteiger partial charge is 0.299 e. The van der Waals surface area contributed by atoms with Gasteiger partial charge in [0, 0.05) is 5.92 Å². The molecule has 1 atom stereocenters. The lowest BCUT2D eigenvalue weighted by Gasteiger charge is -2.09. The van der Waals surface area contributed by atoms with E-state index in [9.17, 15) is 18.0 Å². The molecule has 0 saturated carbocycles. The predicted molar refractivity (Wildman–Crippen MR) is 35.1 cm³/mol. The van der Waals surface area contributed by atoms with Crippen molar-refractivity contribution in [1.29, 1.82) is 0 Å². The second-order valence-corrected chi connectivity index (χ2v) is 2.57. The summed E-state index contributed by atoms with van der Waals surface area (Å²) in [6, 6.07) is 0. The number of ketones is 1. The van der Waals surface area contributed by atoms with E-state index in [1.165, 1.54) is 6.92 Å². The second kappa shape index (κ2) is 3.74. The number of hydrogen-bond acceptors (Lipinski definition) is 1. The molecule has 0 amide bonds. The van der Waals surface area contributed by atoms with Crippen LogP contribution in [0.25, 0.3) is 0 Å². The third-order valence-corrected chi connectivity index (χ3v) is 1.54. The lowest BCUT2D eigenvalue weighted by molar-refractivity contribution is -0.154. The molecule has 0 aromatic carbocycles. The maximum absolute atomic E-state index is 11.6. The van der Waals surface area contributed by atoms with Crippen molar-refractivity contribution < 1.29 is 18.0 Å². The van der Waals surface area contributed by atoms with Gasteiger partial charge in [0.25, 0.3) is 0 Å². The highest BCUT2D eigenvalue weighted by atomic mass is 19.4. The molecule has 0 bridgehead atoms. The first-order chi connectivity index (χ1) is 4.87. The molecule has 0 N–H and O–H groups in total. The van der Waals surface area contributed by atoms with Crippen molar-refractivity contribution in [2.75, 3.05) is 0 Å². The summed E-state index contributed by atoms with van der Waals surface area (Å²) in [6.07, 6.45) is -5.17. The van der Waals surface area contributed by atoms with Gasteiger partial charge in [0.15, 0.2) is 0 Å². The molecule has 1 nitrogen and oxygen atoms in total. The monoisotopic (exact) mass is 168 g/mol. The Morgan fingerprint density at radius 1 is 1.45 bits per heavy atom. The summed E-state index contributed by atoms with van der Waals surface area (Å²) in [5.74, 6) is -1.20. The van der Waals surface area contributed by atoms with E-state index in [4.69, 9.17) is 0 Å². The van der Waals surface area contributed by atoms with E-state index in [0.29, 0.717) is 6.42 Å². The molecule has 0 aromatic heterocycles. The molecular weight excluding hydrogens is 157 g/mol. The van der Waals surface area contributed by atoms with Crippen molar-refractivity contribution in [3.63, 3.8) is 0 Å². The van der Waals surface area contributed by atoms with Gasteiger partial charge in [0.1, 0.15) is 12.2 Å².